The van der Waals surface area contributed by atoms with Crippen LogP contribution in [0.2, 0.25) is 0 Å². The summed E-state index contributed by atoms with van der Waals surface area (Å²) in [5, 5.41) is 4.32. The number of carbonyl (C=O) groups is 1. The Morgan fingerprint density at radius 2 is 2.29 bits per heavy atom. The number of furan rings is 1. The average molecular weight is 327 g/mol. The van der Waals surface area contributed by atoms with Crippen molar-refractivity contribution in [2.75, 3.05) is 13.1 Å². The van der Waals surface area contributed by atoms with Crippen molar-refractivity contribution in [2.45, 2.75) is 51.0 Å². The van der Waals surface area contributed by atoms with Gasteiger partial charge in [-0.25, -0.2) is 0 Å². The van der Waals surface area contributed by atoms with Gasteiger partial charge in [0.15, 0.2) is 0 Å². The van der Waals surface area contributed by atoms with Gasteiger partial charge < -0.3 is 9.32 Å². The summed E-state index contributed by atoms with van der Waals surface area (Å²) in [6, 6.07) is 6.37. The summed E-state index contributed by atoms with van der Waals surface area (Å²) in [7, 11) is 0. The zero-order valence-electron chi connectivity index (χ0n) is 14.2. The zero-order valence-corrected chi connectivity index (χ0v) is 14.2. The van der Waals surface area contributed by atoms with Gasteiger partial charge in [-0.1, -0.05) is 6.92 Å². The third-order valence-electron chi connectivity index (χ3n) is 5.39. The summed E-state index contributed by atoms with van der Waals surface area (Å²) in [6.45, 7) is 3.88. The van der Waals surface area contributed by atoms with Crippen molar-refractivity contribution in [1.82, 2.24) is 14.7 Å². The third kappa shape index (κ3) is 3.25. The van der Waals surface area contributed by atoms with E-state index in [1.54, 1.807) is 6.20 Å². The van der Waals surface area contributed by atoms with E-state index < -0.39 is 0 Å². The van der Waals surface area contributed by atoms with E-state index in [2.05, 4.69) is 18.1 Å². The standard InChI is InChI=1S/C19H25N3O2/c1-14-12-17(14)18-7-5-16(24-18)6-8-19(23)21-10-2-4-15(13-21)22-11-3-9-20-22/h3,5,7,9,11,14-15,17H,2,4,6,8,10,12-13H2,1H3/t14-,15+,17-/m1/s1. The average Bonchev–Trinajstić information content (AvgIpc) is 3.04. The van der Waals surface area contributed by atoms with Gasteiger partial charge in [-0.15, -0.1) is 0 Å². The lowest BCUT2D eigenvalue weighted by Crippen LogP contribution is -2.40. The van der Waals surface area contributed by atoms with Crippen LogP contribution in [0.5, 0.6) is 0 Å². The van der Waals surface area contributed by atoms with E-state index in [9.17, 15) is 4.79 Å². The van der Waals surface area contributed by atoms with Gasteiger partial charge in [-0.3, -0.25) is 9.48 Å². The molecule has 1 aliphatic heterocycles. The quantitative estimate of drug-likeness (QED) is 0.846. The topological polar surface area (TPSA) is 51.3 Å². The largest absolute Gasteiger partial charge is 0.466 e. The summed E-state index contributed by atoms with van der Waals surface area (Å²) in [5.74, 6) is 3.62. The lowest BCUT2D eigenvalue weighted by Gasteiger charge is -2.33. The SMILES string of the molecule is C[C@@H]1C[C@H]1c1ccc(CCC(=O)N2CCC[C@H](n3cccn3)C2)o1. The molecule has 2 fully saturated rings. The maximum atomic E-state index is 12.5. The number of aromatic nitrogens is 2. The number of hydrogen-bond acceptors (Lipinski definition) is 3. The second-order valence-corrected chi connectivity index (χ2v) is 7.25. The van der Waals surface area contributed by atoms with Crippen molar-refractivity contribution in [1.29, 1.82) is 0 Å². The van der Waals surface area contributed by atoms with Gasteiger partial charge in [0.2, 0.25) is 5.91 Å². The van der Waals surface area contributed by atoms with Gasteiger partial charge in [-0.05, 0) is 43.4 Å². The van der Waals surface area contributed by atoms with Crippen LogP contribution in [0.1, 0.15) is 56.1 Å². The molecular weight excluding hydrogens is 302 g/mol. The molecule has 0 spiro atoms. The molecule has 0 bridgehead atoms. The zero-order chi connectivity index (χ0) is 16.5. The Bertz CT molecular complexity index is 691. The third-order valence-corrected chi connectivity index (χ3v) is 5.39. The molecule has 0 N–H and O–H groups in total. The van der Waals surface area contributed by atoms with Gasteiger partial charge in [0.25, 0.3) is 0 Å². The lowest BCUT2D eigenvalue weighted by atomic mass is 10.1. The predicted molar refractivity (Wildman–Crippen MR) is 90.6 cm³/mol. The van der Waals surface area contributed by atoms with Crippen molar-refractivity contribution in [3.05, 3.63) is 42.1 Å². The van der Waals surface area contributed by atoms with E-state index in [0.717, 1.165) is 43.4 Å². The molecule has 2 aromatic rings. The molecule has 1 amide bonds. The first-order valence-corrected chi connectivity index (χ1v) is 9.06. The number of carbonyl (C=O) groups excluding carboxylic acids is 1. The number of rotatable bonds is 5. The first-order valence-electron chi connectivity index (χ1n) is 9.06. The highest BCUT2D eigenvalue weighted by atomic mass is 16.3. The highest BCUT2D eigenvalue weighted by Gasteiger charge is 2.36. The Labute approximate surface area is 142 Å². The van der Waals surface area contributed by atoms with Crippen LogP contribution in [0.3, 0.4) is 0 Å². The number of likely N-dealkylation sites (tertiary alicyclic amines) is 1. The molecule has 2 aliphatic rings. The summed E-state index contributed by atoms with van der Waals surface area (Å²) < 4.78 is 7.89. The van der Waals surface area contributed by atoms with E-state index >= 15 is 0 Å². The maximum Gasteiger partial charge on any atom is 0.223 e. The molecule has 3 atom stereocenters. The Balaban J connectivity index is 1.30. The normalized spacial score (nSPS) is 26.5. The molecule has 2 aromatic heterocycles. The Hall–Kier alpha value is -2.04. The molecule has 1 aliphatic carbocycles. The molecule has 0 unspecified atom stereocenters. The van der Waals surface area contributed by atoms with Crippen LogP contribution >= 0.6 is 0 Å². The molecule has 5 nitrogen and oxygen atoms in total. The molecule has 1 saturated heterocycles. The molecule has 5 heteroatoms. The Morgan fingerprint density at radius 3 is 3.04 bits per heavy atom. The highest BCUT2D eigenvalue weighted by Crippen LogP contribution is 2.47. The van der Waals surface area contributed by atoms with Gasteiger partial charge in [0.1, 0.15) is 11.5 Å². The number of hydrogen-bond donors (Lipinski definition) is 0. The second-order valence-electron chi connectivity index (χ2n) is 7.25. The Morgan fingerprint density at radius 1 is 1.42 bits per heavy atom. The number of piperidine rings is 1. The number of nitrogens with zero attached hydrogens (tertiary/aromatic N) is 3. The molecular formula is C19H25N3O2. The predicted octanol–water partition coefficient (Wildman–Crippen LogP) is 3.40. The van der Waals surface area contributed by atoms with E-state index in [4.69, 9.17) is 4.42 Å². The minimum Gasteiger partial charge on any atom is -0.466 e. The first-order chi connectivity index (χ1) is 11.7. The minimum absolute atomic E-state index is 0.226. The maximum absolute atomic E-state index is 12.5. The minimum atomic E-state index is 0.226. The fraction of sp³-hybridized carbons (Fsp3) is 0.579. The van der Waals surface area contributed by atoms with Gasteiger partial charge >= 0.3 is 0 Å². The fourth-order valence-corrected chi connectivity index (χ4v) is 3.73. The van der Waals surface area contributed by atoms with Crippen molar-refractivity contribution < 1.29 is 9.21 Å². The van der Waals surface area contributed by atoms with Crippen molar-refractivity contribution in [3.63, 3.8) is 0 Å². The van der Waals surface area contributed by atoms with Crippen LogP contribution < -0.4 is 0 Å². The summed E-state index contributed by atoms with van der Waals surface area (Å²) in [5.41, 5.74) is 0. The monoisotopic (exact) mass is 327 g/mol. The van der Waals surface area contributed by atoms with Gasteiger partial charge in [-0.2, -0.15) is 5.10 Å². The van der Waals surface area contributed by atoms with Crippen molar-refractivity contribution in [3.8, 4) is 0 Å². The smallest absolute Gasteiger partial charge is 0.223 e. The van der Waals surface area contributed by atoms with E-state index in [0.29, 0.717) is 24.8 Å². The molecule has 0 aromatic carbocycles. The van der Waals surface area contributed by atoms with Crippen LogP contribution in [0.15, 0.2) is 35.0 Å². The van der Waals surface area contributed by atoms with Crippen molar-refractivity contribution in [2.24, 2.45) is 5.92 Å². The van der Waals surface area contributed by atoms with Crippen LogP contribution in [-0.2, 0) is 11.2 Å². The number of aryl methyl sites for hydroxylation is 1. The second kappa shape index (κ2) is 6.46. The molecule has 24 heavy (non-hydrogen) atoms. The summed E-state index contributed by atoms with van der Waals surface area (Å²) >= 11 is 0. The molecule has 0 radical (unpaired) electrons. The highest BCUT2D eigenvalue weighted by molar-refractivity contribution is 5.76. The molecule has 1 saturated carbocycles. The van der Waals surface area contributed by atoms with Crippen LogP contribution in [0.4, 0.5) is 0 Å². The molecule has 4 rings (SSSR count). The lowest BCUT2D eigenvalue weighted by molar-refractivity contribution is -0.132. The first kappa shape index (κ1) is 15.5. The molecule has 128 valence electrons. The number of amides is 1. The molecule has 3 heterocycles. The summed E-state index contributed by atoms with van der Waals surface area (Å²) in [4.78, 5) is 14.5. The Kier molecular flexibility index (Phi) is 4.17. The van der Waals surface area contributed by atoms with Crippen molar-refractivity contribution >= 4 is 5.91 Å². The van der Waals surface area contributed by atoms with E-state index in [-0.39, 0.29) is 5.91 Å². The van der Waals surface area contributed by atoms with Crippen LogP contribution in [-0.4, -0.2) is 33.7 Å². The van der Waals surface area contributed by atoms with E-state index in [1.165, 1.54) is 6.42 Å². The fourth-order valence-electron chi connectivity index (χ4n) is 3.73. The summed E-state index contributed by atoms with van der Waals surface area (Å²) in [6.07, 6.45) is 8.38. The van der Waals surface area contributed by atoms with Crippen LogP contribution in [0, 0.1) is 5.92 Å². The van der Waals surface area contributed by atoms with Crippen LogP contribution in [0.25, 0.3) is 0 Å². The van der Waals surface area contributed by atoms with Gasteiger partial charge in [0.05, 0.1) is 6.04 Å². The van der Waals surface area contributed by atoms with E-state index in [1.807, 2.05) is 27.9 Å². The van der Waals surface area contributed by atoms with Gasteiger partial charge in [0, 0.05) is 44.2 Å².